The van der Waals surface area contributed by atoms with Crippen LogP contribution >= 0.6 is 0 Å². The summed E-state index contributed by atoms with van der Waals surface area (Å²) in [6.07, 6.45) is 4.39. The van der Waals surface area contributed by atoms with Crippen molar-refractivity contribution in [3.8, 4) is 0 Å². The first kappa shape index (κ1) is 17.0. The molecular weight excluding hydrogens is 302 g/mol. The maximum atomic E-state index is 12.2. The Bertz CT molecular complexity index is 581. The van der Waals surface area contributed by atoms with Crippen LogP contribution in [0.3, 0.4) is 0 Å². The Morgan fingerprint density at radius 1 is 1.17 bits per heavy atom. The van der Waals surface area contributed by atoms with Gasteiger partial charge in [0.2, 0.25) is 11.8 Å². The highest BCUT2D eigenvalue weighted by Gasteiger charge is 2.28. The first-order valence-electron chi connectivity index (χ1n) is 8.97. The van der Waals surface area contributed by atoms with Gasteiger partial charge in [-0.05, 0) is 57.2 Å². The molecule has 1 unspecified atom stereocenters. The van der Waals surface area contributed by atoms with Gasteiger partial charge in [-0.2, -0.15) is 0 Å². The number of carbonyl (C=O) groups excluding carboxylic acids is 2. The number of nitrogens with zero attached hydrogens (tertiary/aromatic N) is 1. The number of aryl methyl sites for hydroxylation is 1. The van der Waals surface area contributed by atoms with Gasteiger partial charge in [0.1, 0.15) is 0 Å². The van der Waals surface area contributed by atoms with E-state index in [4.69, 9.17) is 0 Å². The molecule has 1 saturated heterocycles. The molecule has 5 heteroatoms. The molecule has 1 saturated carbocycles. The normalized spacial score (nSPS) is 21.3. The molecule has 1 aromatic carbocycles. The van der Waals surface area contributed by atoms with Crippen molar-refractivity contribution in [3.63, 3.8) is 0 Å². The third-order valence-electron chi connectivity index (χ3n) is 4.84. The second-order valence-corrected chi connectivity index (χ2v) is 7.18. The summed E-state index contributed by atoms with van der Waals surface area (Å²) >= 11 is 0. The molecule has 2 aliphatic rings. The van der Waals surface area contributed by atoms with Crippen molar-refractivity contribution < 1.29 is 9.59 Å². The molecule has 130 valence electrons. The molecule has 5 nitrogen and oxygen atoms in total. The van der Waals surface area contributed by atoms with Gasteiger partial charge in [0.05, 0.1) is 12.5 Å². The molecule has 0 aromatic heterocycles. The van der Waals surface area contributed by atoms with Crippen LogP contribution in [-0.4, -0.2) is 42.9 Å². The summed E-state index contributed by atoms with van der Waals surface area (Å²) in [5, 5.41) is 5.99. The molecule has 24 heavy (non-hydrogen) atoms. The van der Waals surface area contributed by atoms with E-state index in [1.165, 1.54) is 18.4 Å². The molecule has 1 aliphatic carbocycles. The van der Waals surface area contributed by atoms with Crippen molar-refractivity contribution >= 4 is 17.5 Å². The predicted molar refractivity (Wildman–Crippen MR) is 94.7 cm³/mol. The third-order valence-corrected chi connectivity index (χ3v) is 4.84. The quantitative estimate of drug-likeness (QED) is 0.841. The molecule has 2 fully saturated rings. The van der Waals surface area contributed by atoms with Gasteiger partial charge in [-0.1, -0.05) is 17.7 Å². The van der Waals surface area contributed by atoms with Gasteiger partial charge in [-0.15, -0.1) is 0 Å². The third kappa shape index (κ3) is 5.06. The maximum absolute atomic E-state index is 12.2. The average molecular weight is 329 g/mol. The van der Waals surface area contributed by atoms with Crippen LogP contribution in [0.2, 0.25) is 0 Å². The Morgan fingerprint density at radius 2 is 1.92 bits per heavy atom. The molecule has 2 N–H and O–H groups in total. The van der Waals surface area contributed by atoms with Gasteiger partial charge in [-0.3, -0.25) is 14.5 Å². The lowest BCUT2D eigenvalue weighted by Crippen LogP contribution is -2.45. The van der Waals surface area contributed by atoms with Gasteiger partial charge in [-0.25, -0.2) is 0 Å². The van der Waals surface area contributed by atoms with E-state index in [9.17, 15) is 9.59 Å². The highest BCUT2D eigenvalue weighted by molar-refractivity contribution is 5.92. The molecular formula is C19H27N3O2. The van der Waals surface area contributed by atoms with Crippen molar-refractivity contribution in [3.05, 3.63) is 29.8 Å². The van der Waals surface area contributed by atoms with E-state index in [1.54, 1.807) is 0 Å². The lowest BCUT2D eigenvalue weighted by atomic mass is 9.97. The number of piperidine rings is 1. The number of benzene rings is 1. The van der Waals surface area contributed by atoms with Gasteiger partial charge in [0.15, 0.2) is 0 Å². The van der Waals surface area contributed by atoms with Gasteiger partial charge in [0, 0.05) is 18.8 Å². The van der Waals surface area contributed by atoms with Crippen LogP contribution in [0.4, 0.5) is 5.69 Å². The van der Waals surface area contributed by atoms with E-state index in [-0.39, 0.29) is 17.7 Å². The van der Waals surface area contributed by atoms with E-state index in [0.29, 0.717) is 19.0 Å². The number of carbonyl (C=O) groups is 2. The number of nitrogens with one attached hydrogen (secondary N) is 2. The van der Waals surface area contributed by atoms with Gasteiger partial charge < -0.3 is 10.6 Å². The standard InChI is InChI=1S/C19H27N3O2/c1-14-4-8-17(9-5-14)21-18(23)13-22-10-2-3-16(12-22)19(24)20-11-15-6-7-15/h4-5,8-9,15-16H,2-3,6-7,10-13H2,1H3,(H,20,24)(H,21,23). The first-order valence-corrected chi connectivity index (χ1v) is 8.97. The SMILES string of the molecule is Cc1ccc(NC(=O)CN2CCCC(C(=O)NCC3CC3)C2)cc1. The van der Waals surface area contributed by atoms with Crippen LogP contribution in [-0.2, 0) is 9.59 Å². The fraction of sp³-hybridized carbons (Fsp3) is 0.579. The first-order chi connectivity index (χ1) is 11.6. The fourth-order valence-electron chi connectivity index (χ4n) is 3.16. The topological polar surface area (TPSA) is 61.4 Å². The van der Waals surface area contributed by atoms with Crippen LogP contribution in [0.15, 0.2) is 24.3 Å². The molecule has 1 aromatic rings. The van der Waals surface area contributed by atoms with Gasteiger partial charge in [0.25, 0.3) is 0 Å². The van der Waals surface area contributed by atoms with Crippen LogP contribution < -0.4 is 10.6 Å². The summed E-state index contributed by atoms with van der Waals surface area (Å²) in [5.74, 6) is 0.863. The number of anilines is 1. The van der Waals surface area contributed by atoms with Crippen LogP contribution in [0.5, 0.6) is 0 Å². The zero-order valence-electron chi connectivity index (χ0n) is 14.4. The van der Waals surface area contributed by atoms with E-state index in [1.807, 2.05) is 31.2 Å². The number of amides is 2. The smallest absolute Gasteiger partial charge is 0.238 e. The Morgan fingerprint density at radius 3 is 2.62 bits per heavy atom. The zero-order chi connectivity index (χ0) is 16.9. The average Bonchev–Trinajstić information content (AvgIpc) is 3.39. The summed E-state index contributed by atoms with van der Waals surface area (Å²) in [5.41, 5.74) is 1.99. The summed E-state index contributed by atoms with van der Waals surface area (Å²) in [4.78, 5) is 26.6. The second-order valence-electron chi connectivity index (χ2n) is 7.18. The highest BCUT2D eigenvalue weighted by atomic mass is 16.2. The van der Waals surface area contributed by atoms with Crippen molar-refractivity contribution in [2.75, 3.05) is 31.5 Å². The molecule has 1 aliphatic heterocycles. The molecule has 0 bridgehead atoms. The minimum Gasteiger partial charge on any atom is -0.356 e. The number of rotatable bonds is 6. The van der Waals surface area contributed by atoms with Crippen molar-refractivity contribution in [1.29, 1.82) is 0 Å². The summed E-state index contributed by atoms with van der Waals surface area (Å²) in [6, 6.07) is 7.79. The number of likely N-dealkylation sites (tertiary alicyclic amines) is 1. The Balaban J connectivity index is 1.44. The van der Waals surface area contributed by atoms with Crippen LogP contribution in [0.25, 0.3) is 0 Å². The van der Waals surface area contributed by atoms with Crippen LogP contribution in [0, 0.1) is 18.8 Å². The van der Waals surface area contributed by atoms with E-state index in [0.717, 1.165) is 31.6 Å². The summed E-state index contributed by atoms with van der Waals surface area (Å²) in [7, 11) is 0. The monoisotopic (exact) mass is 329 g/mol. The molecule has 1 heterocycles. The largest absolute Gasteiger partial charge is 0.356 e. The van der Waals surface area contributed by atoms with Gasteiger partial charge >= 0.3 is 0 Å². The van der Waals surface area contributed by atoms with E-state index < -0.39 is 0 Å². The molecule has 2 amide bonds. The minimum absolute atomic E-state index is 0.0158. The second kappa shape index (κ2) is 7.79. The lowest BCUT2D eigenvalue weighted by molar-refractivity contribution is -0.128. The zero-order valence-corrected chi connectivity index (χ0v) is 14.4. The van der Waals surface area contributed by atoms with Crippen molar-refractivity contribution in [2.24, 2.45) is 11.8 Å². The lowest BCUT2D eigenvalue weighted by Gasteiger charge is -2.31. The molecule has 3 rings (SSSR count). The molecule has 0 spiro atoms. The minimum atomic E-state index is -0.0158. The van der Waals surface area contributed by atoms with Crippen molar-refractivity contribution in [1.82, 2.24) is 10.2 Å². The molecule has 1 atom stereocenters. The summed E-state index contributed by atoms with van der Waals surface area (Å²) in [6.45, 7) is 4.75. The predicted octanol–water partition coefficient (Wildman–Crippen LogP) is 2.17. The Labute approximate surface area is 143 Å². The highest BCUT2D eigenvalue weighted by Crippen LogP contribution is 2.28. The summed E-state index contributed by atoms with van der Waals surface area (Å²) < 4.78 is 0. The Hall–Kier alpha value is -1.88. The molecule has 0 radical (unpaired) electrons. The van der Waals surface area contributed by atoms with E-state index in [2.05, 4.69) is 15.5 Å². The maximum Gasteiger partial charge on any atom is 0.238 e. The fourth-order valence-corrected chi connectivity index (χ4v) is 3.16. The van der Waals surface area contributed by atoms with Crippen molar-refractivity contribution in [2.45, 2.75) is 32.6 Å². The van der Waals surface area contributed by atoms with Crippen LogP contribution in [0.1, 0.15) is 31.2 Å². The van der Waals surface area contributed by atoms with E-state index >= 15 is 0 Å². The number of hydrogen-bond acceptors (Lipinski definition) is 3. The Kier molecular flexibility index (Phi) is 5.51. The number of hydrogen-bond donors (Lipinski definition) is 2.